The second-order valence-electron chi connectivity index (χ2n) is 7.48. The second-order valence-corrected chi connectivity index (χ2v) is 7.48. The van der Waals surface area contributed by atoms with Crippen molar-refractivity contribution in [3.63, 3.8) is 0 Å². The van der Waals surface area contributed by atoms with Gasteiger partial charge in [0.2, 0.25) is 5.95 Å². The molecule has 1 saturated heterocycles. The molecule has 0 amide bonds. The Morgan fingerprint density at radius 1 is 1.03 bits per heavy atom. The number of ether oxygens (including phenoxy) is 3. The van der Waals surface area contributed by atoms with E-state index in [9.17, 15) is 4.39 Å². The van der Waals surface area contributed by atoms with E-state index in [4.69, 9.17) is 14.2 Å². The first kappa shape index (κ1) is 22.0. The highest BCUT2D eigenvalue weighted by atomic mass is 19.1. The summed E-state index contributed by atoms with van der Waals surface area (Å²) in [5.74, 6) is 2.08. The molecule has 9 heteroatoms. The minimum Gasteiger partial charge on any atom is -0.493 e. The van der Waals surface area contributed by atoms with Gasteiger partial charge in [-0.05, 0) is 23.8 Å². The molecule has 1 aromatic heterocycles. The van der Waals surface area contributed by atoms with Gasteiger partial charge in [0.25, 0.3) is 0 Å². The van der Waals surface area contributed by atoms with Gasteiger partial charge in [0.05, 0.1) is 33.0 Å². The average Bonchev–Trinajstić information content (AvgIpc) is 2.82. The summed E-state index contributed by atoms with van der Waals surface area (Å²) in [5, 5.41) is 7.47. The summed E-state index contributed by atoms with van der Waals surface area (Å²) < 4.78 is 29.8. The zero-order valence-electron chi connectivity index (χ0n) is 18.4. The van der Waals surface area contributed by atoms with E-state index in [0.717, 1.165) is 50.3 Å². The number of fused-ring (bicyclic) bond motifs is 1. The first-order valence-corrected chi connectivity index (χ1v) is 10.6. The molecular formula is C23H28FN5O3. The highest BCUT2D eigenvalue weighted by Gasteiger charge is 2.15. The molecule has 0 bridgehead atoms. The van der Waals surface area contributed by atoms with Crippen molar-refractivity contribution in [1.82, 2.24) is 14.9 Å². The van der Waals surface area contributed by atoms with E-state index < -0.39 is 0 Å². The number of halogens is 1. The molecule has 8 nitrogen and oxygen atoms in total. The number of hydrogen-bond donors (Lipinski definition) is 2. The Morgan fingerprint density at radius 3 is 2.56 bits per heavy atom. The Kier molecular flexibility index (Phi) is 7.18. The second kappa shape index (κ2) is 10.4. The third kappa shape index (κ3) is 5.35. The van der Waals surface area contributed by atoms with Crippen LogP contribution in [0.1, 0.15) is 5.56 Å². The third-order valence-corrected chi connectivity index (χ3v) is 5.36. The van der Waals surface area contributed by atoms with Crippen LogP contribution in [0, 0.1) is 5.82 Å². The number of nitrogens with one attached hydrogen (secondary N) is 2. The number of anilines is 2. The molecule has 0 spiro atoms. The van der Waals surface area contributed by atoms with Crippen molar-refractivity contribution in [2.75, 3.05) is 64.2 Å². The van der Waals surface area contributed by atoms with Crippen molar-refractivity contribution in [1.29, 1.82) is 0 Å². The van der Waals surface area contributed by atoms with Crippen molar-refractivity contribution in [3.05, 3.63) is 47.8 Å². The maximum atomic E-state index is 13.5. The van der Waals surface area contributed by atoms with E-state index in [0.29, 0.717) is 35.3 Å². The molecule has 0 saturated carbocycles. The molecule has 170 valence electrons. The molecule has 0 aliphatic carbocycles. The van der Waals surface area contributed by atoms with E-state index in [1.807, 2.05) is 18.2 Å². The van der Waals surface area contributed by atoms with Crippen LogP contribution in [0.2, 0.25) is 0 Å². The molecule has 1 aliphatic rings. The lowest BCUT2D eigenvalue weighted by molar-refractivity contribution is 0.0398. The van der Waals surface area contributed by atoms with Crippen LogP contribution in [-0.4, -0.2) is 68.5 Å². The van der Waals surface area contributed by atoms with Crippen molar-refractivity contribution >= 4 is 22.7 Å². The number of aromatic nitrogens is 2. The number of hydrogen-bond acceptors (Lipinski definition) is 8. The number of benzene rings is 2. The maximum Gasteiger partial charge on any atom is 0.225 e. The molecule has 32 heavy (non-hydrogen) atoms. The molecular weight excluding hydrogens is 413 g/mol. The molecule has 1 aliphatic heterocycles. The van der Waals surface area contributed by atoms with Gasteiger partial charge in [-0.25, -0.2) is 9.37 Å². The minimum atomic E-state index is -0.272. The van der Waals surface area contributed by atoms with E-state index in [2.05, 4.69) is 25.5 Å². The van der Waals surface area contributed by atoms with E-state index in [1.54, 1.807) is 20.3 Å². The van der Waals surface area contributed by atoms with Crippen molar-refractivity contribution in [2.45, 2.75) is 6.54 Å². The van der Waals surface area contributed by atoms with Gasteiger partial charge in [-0.1, -0.05) is 12.1 Å². The summed E-state index contributed by atoms with van der Waals surface area (Å²) in [5.41, 5.74) is 1.52. The Hall–Kier alpha value is -3.17. The van der Waals surface area contributed by atoms with Gasteiger partial charge in [-0.3, -0.25) is 4.90 Å². The lowest BCUT2D eigenvalue weighted by atomic mass is 10.2. The van der Waals surface area contributed by atoms with Crippen LogP contribution in [0.3, 0.4) is 0 Å². The van der Waals surface area contributed by atoms with Crippen molar-refractivity contribution < 1.29 is 18.6 Å². The van der Waals surface area contributed by atoms with Crippen molar-refractivity contribution in [2.24, 2.45) is 0 Å². The number of morpholine rings is 1. The van der Waals surface area contributed by atoms with Gasteiger partial charge in [-0.2, -0.15) is 4.98 Å². The molecule has 2 aromatic carbocycles. The van der Waals surface area contributed by atoms with Crippen LogP contribution in [0.4, 0.5) is 16.2 Å². The fourth-order valence-electron chi connectivity index (χ4n) is 3.65. The van der Waals surface area contributed by atoms with Gasteiger partial charge >= 0.3 is 0 Å². The van der Waals surface area contributed by atoms with Crippen LogP contribution in [0.5, 0.6) is 11.5 Å². The van der Waals surface area contributed by atoms with Crippen LogP contribution in [-0.2, 0) is 11.3 Å². The van der Waals surface area contributed by atoms with Gasteiger partial charge in [0.1, 0.15) is 11.6 Å². The van der Waals surface area contributed by atoms with Crippen LogP contribution in [0.15, 0.2) is 36.4 Å². The Bertz CT molecular complexity index is 1060. The summed E-state index contributed by atoms with van der Waals surface area (Å²) in [4.78, 5) is 11.7. The third-order valence-electron chi connectivity index (χ3n) is 5.36. The fraction of sp³-hybridized carbons (Fsp3) is 0.391. The summed E-state index contributed by atoms with van der Waals surface area (Å²) >= 11 is 0. The van der Waals surface area contributed by atoms with E-state index in [1.165, 1.54) is 12.1 Å². The zero-order valence-corrected chi connectivity index (χ0v) is 18.4. The number of nitrogens with zero attached hydrogens (tertiary/aromatic N) is 3. The molecule has 3 aromatic rings. The van der Waals surface area contributed by atoms with Crippen LogP contribution < -0.4 is 20.1 Å². The molecule has 0 atom stereocenters. The van der Waals surface area contributed by atoms with E-state index >= 15 is 0 Å². The van der Waals surface area contributed by atoms with Gasteiger partial charge in [0.15, 0.2) is 11.5 Å². The lowest BCUT2D eigenvalue weighted by Crippen LogP contribution is -2.39. The lowest BCUT2D eigenvalue weighted by Gasteiger charge is -2.26. The summed E-state index contributed by atoms with van der Waals surface area (Å²) in [6.45, 7) is 5.40. The number of methoxy groups -OCH3 is 2. The fourth-order valence-corrected chi connectivity index (χ4v) is 3.65. The highest BCUT2D eigenvalue weighted by Crippen LogP contribution is 2.34. The highest BCUT2D eigenvalue weighted by molar-refractivity contribution is 5.92. The summed E-state index contributed by atoms with van der Waals surface area (Å²) in [6.07, 6.45) is 0. The monoisotopic (exact) mass is 441 g/mol. The first-order chi connectivity index (χ1) is 15.7. The molecule has 2 N–H and O–H groups in total. The van der Waals surface area contributed by atoms with Gasteiger partial charge in [-0.15, -0.1) is 0 Å². The maximum absolute atomic E-state index is 13.5. The van der Waals surface area contributed by atoms with Crippen LogP contribution in [0.25, 0.3) is 10.9 Å². The topological polar surface area (TPSA) is 80.8 Å². The Balaban J connectivity index is 1.58. The molecule has 2 heterocycles. The minimum absolute atomic E-state index is 0.272. The van der Waals surface area contributed by atoms with E-state index in [-0.39, 0.29) is 5.82 Å². The predicted octanol–water partition coefficient (Wildman–Crippen LogP) is 3.14. The van der Waals surface area contributed by atoms with Gasteiger partial charge in [0, 0.05) is 44.2 Å². The average molecular weight is 442 g/mol. The molecule has 1 fully saturated rings. The predicted molar refractivity (Wildman–Crippen MR) is 122 cm³/mol. The first-order valence-electron chi connectivity index (χ1n) is 10.6. The Labute approximate surface area is 186 Å². The molecule has 0 unspecified atom stereocenters. The summed E-state index contributed by atoms with van der Waals surface area (Å²) in [7, 11) is 3.19. The normalized spacial score (nSPS) is 14.3. The number of rotatable bonds is 9. The standard InChI is InChI=1S/C23H28FN5O3/c1-30-20-13-18-19(14-21(20)31-2)27-23(26-15-16-4-3-5-17(24)12-16)28-22(18)25-6-7-29-8-10-32-11-9-29/h3-5,12-14H,6-11,15H2,1-2H3,(H2,25,26,27,28). The summed E-state index contributed by atoms with van der Waals surface area (Å²) in [6, 6.07) is 10.2. The SMILES string of the molecule is COc1cc2nc(NCc3cccc(F)c3)nc(NCCN3CCOCC3)c2cc1OC. The smallest absolute Gasteiger partial charge is 0.225 e. The Morgan fingerprint density at radius 2 is 1.81 bits per heavy atom. The molecule has 0 radical (unpaired) electrons. The van der Waals surface area contributed by atoms with Crippen molar-refractivity contribution in [3.8, 4) is 11.5 Å². The quantitative estimate of drug-likeness (QED) is 0.524. The molecule has 4 rings (SSSR count). The van der Waals surface area contributed by atoms with Gasteiger partial charge < -0.3 is 24.8 Å². The zero-order chi connectivity index (χ0) is 22.3. The van der Waals surface area contributed by atoms with Crippen LogP contribution >= 0.6 is 0 Å². The largest absolute Gasteiger partial charge is 0.493 e.